The molecule has 1 aromatic heterocycles. The minimum absolute atomic E-state index is 0.212. The molecular formula is C12H18N2O7S. The average molecular weight is 334 g/mol. The van der Waals surface area contributed by atoms with Gasteiger partial charge in [-0.3, -0.25) is 4.79 Å². The van der Waals surface area contributed by atoms with Crippen molar-refractivity contribution in [3.05, 3.63) is 18.6 Å². The monoisotopic (exact) mass is 334 g/mol. The van der Waals surface area contributed by atoms with Crippen molar-refractivity contribution in [3.63, 3.8) is 0 Å². The normalized spacial score (nSPS) is 13.4. The third-order valence-electron chi connectivity index (χ3n) is 2.25. The van der Waals surface area contributed by atoms with E-state index in [1.54, 1.807) is 20.8 Å². The molecule has 0 aliphatic rings. The zero-order valence-corrected chi connectivity index (χ0v) is 13.1. The standard InChI is InChI=1S/C12H18N2O7S/c1-12(2,3)21-11(17)13-6-9(10(15)16)14-22(18,19)8-4-5-20-7-8/h4-5,7,9,14H,6H2,1-3H3,(H,13,17)(H,15,16)/t9-/m0/s1. The number of carbonyl (C=O) groups excluding carboxylic acids is 1. The van der Waals surface area contributed by atoms with Crippen LogP contribution in [0.15, 0.2) is 27.9 Å². The van der Waals surface area contributed by atoms with Crippen molar-refractivity contribution < 1.29 is 32.3 Å². The fraction of sp³-hybridized carbons (Fsp3) is 0.500. The Morgan fingerprint density at radius 2 is 2.05 bits per heavy atom. The first-order chi connectivity index (χ1) is 10.0. The maximum Gasteiger partial charge on any atom is 0.407 e. The molecule has 0 spiro atoms. The SMILES string of the molecule is CC(C)(C)OC(=O)NC[C@H](NS(=O)(=O)c1ccoc1)C(=O)O. The Balaban J connectivity index is 2.68. The van der Waals surface area contributed by atoms with Gasteiger partial charge in [-0.2, -0.15) is 4.72 Å². The predicted octanol–water partition coefficient (Wildman–Crippen LogP) is 0.536. The molecule has 22 heavy (non-hydrogen) atoms. The van der Waals surface area contributed by atoms with Gasteiger partial charge in [0.25, 0.3) is 0 Å². The molecule has 3 N–H and O–H groups in total. The van der Waals surface area contributed by atoms with E-state index in [1.807, 2.05) is 4.72 Å². The molecule has 0 aromatic carbocycles. The Morgan fingerprint density at radius 3 is 2.50 bits per heavy atom. The molecule has 1 heterocycles. The van der Waals surface area contributed by atoms with Crippen LogP contribution in [0.3, 0.4) is 0 Å². The molecule has 0 aliphatic carbocycles. The van der Waals surface area contributed by atoms with E-state index in [4.69, 9.17) is 9.84 Å². The van der Waals surface area contributed by atoms with Gasteiger partial charge < -0.3 is 19.6 Å². The summed E-state index contributed by atoms with van der Waals surface area (Å²) in [5.41, 5.74) is -0.751. The Labute approximate surface area is 127 Å². The smallest absolute Gasteiger partial charge is 0.407 e. The molecule has 10 heteroatoms. The summed E-state index contributed by atoms with van der Waals surface area (Å²) < 4.78 is 35.3. The maximum absolute atomic E-state index is 11.9. The Kier molecular flexibility index (Phi) is 5.55. The van der Waals surface area contributed by atoms with Gasteiger partial charge in [-0.05, 0) is 26.8 Å². The van der Waals surface area contributed by atoms with E-state index in [0.717, 1.165) is 12.5 Å². The summed E-state index contributed by atoms with van der Waals surface area (Å²) in [4.78, 5) is 22.4. The van der Waals surface area contributed by atoms with Crippen LogP contribution in [-0.2, 0) is 19.6 Å². The van der Waals surface area contributed by atoms with Crippen molar-refractivity contribution in [2.24, 2.45) is 0 Å². The van der Waals surface area contributed by atoms with Gasteiger partial charge in [0, 0.05) is 6.54 Å². The number of sulfonamides is 1. The number of nitrogens with one attached hydrogen (secondary N) is 2. The lowest BCUT2D eigenvalue weighted by molar-refractivity contribution is -0.138. The van der Waals surface area contributed by atoms with Crippen LogP contribution in [0.25, 0.3) is 0 Å². The second-order valence-corrected chi connectivity index (χ2v) is 7.07. The molecule has 0 radical (unpaired) electrons. The number of hydrogen-bond donors (Lipinski definition) is 3. The van der Waals surface area contributed by atoms with E-state index < -0.39 is 40.3 Å². The molecule has 1 amide bonds. The number of carbonyl (C=O) groups is 2. The zero-order valence-electron chi connectivity index (χ0n) is 12.3. The number of amides is 1. The third kappa shape index (κ3) is 5.74. The average Bonchev–Trinajstić information content (AvgIpc) is 2.86. The first-order valence-corrected chi connectivity index (χ1v) is 7.74. The molecule has 0 saturated heterocycles. The molecule has 0 fully saturated rings. The van der Waals surface area contributed by atoms with Crippen LogP contribution in [0.4, 0.5) is 4.79 Å². The van der Waals surface area contributed by atoms with Crippen molar-refractivity contribution in [1.29, 1.82) is 0 Å². The summed E-state index contributed by atoms with van der Waals surface area (Å²) in [6, 6.07) is -0.380. The molecule has 0 saturated carbocycles. The highest BCUT2D eigenvalue weighted by Gasteiger charge is 2.27. The van der Waals surface area contributed by atoms with Gasteiger partial charge in [-0.15, -0.1) is 0 Å². The molecule has 1 atom stereocenters. The number of aliphatic carboxylic acids is 1. The van der Waals surface area contributed by atoms with Gasteiger partial charge in [0.05, 0.1) is 6.26 Å². The molecule has 1 rings (SSSR count). The van der Waals surface area contributed by atoms with Crippen LogP contribution in [0.2, 0.25) is 0 Å². The van der Waals surface area contributed by atoms with Gasteiger partial charge >= 0.3 is 12.1 Å². The van der Waals surface area contributed by atoms with Crippen molar-refractivity contribution in [1.82, 2.24) is 10.0 Å². The van der Waals surface area contributed by atoms with E-state index in [0.29, 0.717) is 0 Å². The van der Waals surface area contributed by atoms with Gasteiger partial charge in [-0.25, -0.2) is 13.2 Å². The van der Waals surface area contributed by atoms with E-state index in [1.165, 1.54) is 6.07 Å². The van der Waals surface area contributed by atoms with E-state index >= 15 is 0 Å². The number of ether oxygens (including phenoxy) is 1. The predicted molar refractivity (Wildman–Crippen MR) is 74.7 cm³/mol. The van der Waals surface area contributed by atoms with Gasteiger partial charge in [0.1, 0.15) is 22.8 Å². The number of hydrogen-bond acceptors (Lipinski definition) is 6. The minimum Gasteiger partial charge on any atom is -0.480 e. The second kappa shape index (κ2) is 6.79. The lowest BCUT2D eigenvalue weighted by atomic mass is 10.2. The maximum atomic E-state index is 11.9. The molecule has 0 unspecified atom stereocenters. The summed E-state index contributed by atoms with van der Waals surface area (Å²) in [7, 11) is -4.06. The third-order valence-corrected chi connectivity index (χ3v) is 3.70. The number of carboxylic acid groups (broad SMARTS) is 1. The quantitative estimate of drug-likeness (QED) is 0.690. The highest BCUT2D eigenvalue weighted by molar-refractivity contribution is 7.89. The summed E-state index contributed by atoms with van der Waals surface area (Å²) in [5, 5.41) is 11.2. The summed E-state index contributed by atoms with van der Waals surface area (Å²) in [5.74, 6) is -1.44. The fourth-order valence-corrected chi connectivity index (χ4v) is 2.45. The number of alkyl carbamates (subject to hydrolysis) is 1. The van der Waals surface area contributed by atoms with Crippen molar-refractivity contribution >= 4 is 22.1 Å². The number of furan rings is 1. The lowest BCUT2D eigenvalue weighted by Gasteiger charge is -2.21. The van der Waals surface area contributed by atoms with E-state index in [2.05, 4.69) is 9.73 Å². The largest absolute Gasteiger partial charge is 0.480 e. The Hall–Kier alpha value is -2.07. The minimum atomic E-state index is -4.06. The Morgan fingerprint density at radius 1 is 1.41 bits per heavy atom. The molecular weight excluding hydrogens is 316 g/mol. The van der Waals surface area contributed by atoms with Crippen LogP contribution >= 0.6 is 0 Å². The van der Waals surface area contributed by atoms with Crippen LogP contribution in [-0.4, -0.2) is 43.8 Å². The number of rotatable bonds is 6. The van der Waals surface area contributed by atoms with Gasteiger partial charge in [0.2, 0.25) is 10.0 Å². The van der Waals surface area contributed by atoms with Crippen molar-refractivity contribution in [3.8, 4) is 0 Å². The first kappa shape index (κ1) is 18.0. The fourth-order valence-electron chi connectivity index (χ4n) is 1.34. The molecule has 124 valence electrons. The Bertz CT molecular complexity index is 616. The highest BCUT2D eigenvalue weighted by Crippen LogP contribution is 2.09. The number of carboxylic acids is 1. The summed E-state index contributed by atoms with van der Waals surface area (Å²) in [6.45, 7) is 4.45. The first-order valence-electron chi connectivity index (χ1n) is 6.25. The van der Waals surface area contributed by atoms with Crippen LogP contribution < -0.4 is 10.0 Å². The zero-order chi connectivity index (χ0) is 17.0. The van der Waals surface area contributed by atoms with Crippen LogP contribution in [0.5, 0.6) is 0 Å². The molecule has 0 aliphatic heterocycles. The van der Waals surface area contributed by atoms with Crippen LogP contribution in [0, 0.1) is 0 Å². The topological polar surface area (TPSA) is 135 Å². The summed E-state index contributed by atoms with van der Waals surface area (Å²) >= 11 is 0. The van der Waals surface area contributed by atoms with Crippen LogP contribution in [0.1, 0.15) is 20.8 Å². The highest BCUT2D eigenvalue weighted by atomic mass is 32.2. The molecule has 0 bridgehead atoms. The van der Waals surface area contributed by atoms with E-state index in [-0.39, 0.29) is 4.90 Å². The van der Waals surface area contributed by atoms with Crippen molar-refractivity contribution in [2.75, 3.05) is 6.54 Å². The van der Waals surface area contributed by atoms with Gasteiger partial charge in [0.15, 0.2) is 0 Å². The summed E-state index contributed by atoms with van der Waals surface area (Å²) in [6.07, 6.45) is 1.26. The van der Waals surface area contributed by atoms with E-state index in [9.17, 15) is 18.0 Å². The molecule has 9 nitrogen and oxygen atoms in total. The van der Waals surface area contributed by atoms with Crippen molar-refractivity contribution in [2.45, 2.75) is 37.3 Å². The molecule has 1 aromatic rings. The second-order valence-electron chi connectivity index (χ2n) is 5.35. The van der Waals surface area contributed by atoms with Gasteiger partial charge in [-0.1, -0.05) is 0 Å². The lowest BCUT2D eigenvalue weighted by Crippen LogP contribution is -2.49.